The normalized spacial score (nSPS) is 22.8. The quantitative estimate of drug-likeness (QED) is 0.124. The van der Waals surface area contributed by atoms with E-state index in [1.54, 1.807) is 0 Å². The second kappa shape index (κ2) is 11.9. The van der Waals surface area contributed by atoms with Crippen molar-refractivity contribution in [1.82, 2.24) is 35.6 Å². The van der Waals surface area contributed by atoms with Crippen molar-refractivity contribution in [3.8, 4) is 0 Å². The third-order valence-electron chi connectivity index (χ3n) is 5.98. The maximum Gasteiger partial charge on any atom is 0.244 e. The second-order valence-corrected chi connectivity index (χ2v) is 9.55. The fourth-order valence-electron chi connectivity index (χ4n) is 3.97. The number of anilines is 1. The first-order valence-corrected chi connectivity index (χ1v) is 12.8. The van der Waals surface area contributed by atoms with Crippen LogP contribution < -0.4 is 16.0 Å². The van der Waals surface area contributed by atoms with E-state index in [0.717, 1.165) is 29.7 Å². The minimum atomic E-state index is -1.94. The molecule has 0 radical (unpaired) electrons. The Labute approximate surface area is 207 Å². The van der Waals surface area contributed by atoms with Crippen molar-refractivity contribution < 1.29 is 24.9 Å². The standard InChI is InChI=1S/C21H34N8O5S/c1-4-6-9-23-16-14-17(26-20(25-16)35-10-5-2)29(28-27-14)21(34)8-7-12(15(21)31)18(32)24-13(11-30)19(33)22-3/h12-13,15,30-31,34H,4-11H2,1-3H3,(H,22,33)(H,24,32)(H,23,25,26). The molecule has 0 bridgehead atoms. The zero-order chi connectivity index (χ0) is 25.6. The predicted molar refractivity (Wildman–Crippen MR) is 130 cm³/mol. The van der Waals surface area contributed by atoms with Crippen LogP contribution >= 0.6 is 11.8 Å². The van der Waals surface area contributed by atoms with Crippen molar-refractivity contribution in [2.45, 2.75) is 69.0 Å². The van der Waals surface area contributed by atoms with Crippen LogP contribution in [0, 0.1) is 5.92 Å². The maximum absolute atomic E-state index is 12.8. The van der Waals surface area contributed by atoms with Crippen LogP contribution in [0.25, 0.3) is 11.2 Å². The van der Waals surface area contributed by atoms with Crippen molar-refractivity contribution in [2.75, 3.05) is 31.3 Å². The number of hydrogen-bond donors (Lipinski definition) is 6. The number of unbranched alkanes of at least 4 members (excludes halogenated alkanes) is 1. The molecule has 4 atom stereocenters. The molecule has 2 aromatic rings. The molecule has 0 saturated heterocycles. The lowest BCUT2D eigenvalue weighted by Crippen LogP contribution is -2.52. The molecule has 2 amide bonds. The summed E-state index contributed by atoms with van der Waals surface area (Å²) < 4.78 is 1.16. The van der Waals surface area contributed by atoms with E-state index in [4.69, 9.17) is 0 Å². The first-order valence-electron chi connectivity index (χ1n) is 11.8. The van der Waals surface area contributed by atoms with Gasteiger partial charge in [-0.1, -0.05) is 37.2 Å². The summed E-state index contributed by atoms with van der Waals surface area (Å²) in [5, 5.41) is 48.7. The summed E-state index contributed by atoms with van der Waals surface area (Å²) in [5.41, 5.74) is -1.34. The number of carbonyl (C=O) groups excluding carboxylic acids is 2. The number of aromatic nitrogens is 5. The fourth-order valence-corrected chi connectivity index (χ4v) is 4.66. The number of carbonyl (C=O) groups is 2. The molecule has 2 heterocycles. The van der Waals surface area contributed by atoms with Gasteiger partial charge in [-0.2, -0.15) is 4.68 Å². The van der Waals surface area contributed by atoms with Gasteiger partial charge in [0, 0.05) is 25.8 Å². The highest BCUT2D eigenvalue weighted by molar-refractivity contribution is 7.99. The van der Waals surface area contributed by atoms with Crippen LogP contribution in [0.4, 0.5) is 5.82 Å². The van der Waals surface area contributed by atoms with E-state index in [1.807, 2.05) is 6.92 Å². The molecule has 0 aliphatic heterocycles. The Bertz CT molecular complexity index is 1040. The molecule has 13 nitrogen and oxygen atoms in total. The molecule has 14 heteroatoms. The van der Waals surface area contributed by atoms with Gasteiger partial charge in [0.25, 0.3) is 0 Å². The Morgan fingerprint density at radius 2 is 2.06 bits per heavy atom. The number of nitrogens with zero attached hydrogens (tertiary/aromatic N) is 5. The number of thioether (sulfide) groups is 1. The fraction of sp³-hybridized carbons (Fsp3) is 0.714. The van der Waals surface area contributed by atoms with Crippen molar-refractivity contribution in [2.24, 2.45) is 5.92 Å². The van der Waals surface area contributed by atoms with E-state index >= 15 is 0 Å². The van der Waals surface area contributed by atoms with Gasteiger partial charge in [0.05, 0.1) is 12.5 Å². The third kappa shape index (κ3) is 5.66. The predicted octanol–water partition coefficient (Wildman–Crippen LogP) is -0.425. The summed E-state index contributed by atoms with van der Waals surface area (Å²) in [6, 6.07) is -1.16. The molecular formula is C21H34N8O5S. The SMILES string of the molecule is CCCCNc1nc(SCCC)nc2c1nnn2C1(O)CCC(C(=O)NC(CO)C(=O)NC)C1O. The van der Waals surface area contributed by atoms with Crippen LogP contribution in [-0.2, 0) is 15.3 Å². The lowest BCUT2D eigenvalue weighted by atomic mass is 10.0. The van der Waals surface area contributed by atoms with Crippen LogP contribution in [0.15, 0.2) is 5.16 Å². The van der Waals surface area contributed by atoms with Gasteiger partial charge in [-0.3, -0.25) is 9.59 Å². The van der Waals surface area contributed by atoms with Crippen LogP contribution in [0.3, 0.4) is 0 Å². The Morgan fingerprint density at radius 3 is 2.71 bits per heavy atom. The van der Waals surface area contributed by atoms with Crippen LogP contribution in [0.5, 0.6) is 0 Å². The molecule has 2 aromatic heterocycles. The van der Waals surface area contributed by atoms with E-state index in [-0.39, 0.29) is 18.5 Å². The minimum Gasteiger partial charge on any atom is -0.394 e. The number of aliphatic hydroxyl groups is 3. The van der Waals surface area contributed by atoms with Gasteiger partial charge in [-0.25, -0.2) is 9.97 Å². The molecule has 1 aliphatic carbocycles. The topological polar surface area (TPSA) is 187 Å². The number of likely N-dealkylation sites (N-methyl/N-ethyl adjacent to an activating group) is 1. The number of fused-ring (bicyclic) bond motifs is 1. The first-order chi connectivity index (χ1) is 16.8. The Balaban J connectivity index is 1.91. The summed E-state index contributed by atoms with van der Waals surface area (Å²) in [6.45, 7) is 4.21. The number of amides is 2. The summed E-state index contributed by atoms with van der Waals surface area (Å²) in [4.78, 5) is 33.7. The molecular weight excluding hydrogens is 476 g/mol. The molecule has 1 saturated carbocycles. The van der Waals surface area contributed by atoms with Gasteiger partial charge >= 0.3 is 0 Å². The maximum atomic E-state index is 12.8. The Kier molecular flexibility index (Phi) is 9.21. The summed E-state index contributed by atoms with van der Waals surface area (Å²) in [6.07, 6.45) is 1.44. The number of hydrogen-bond acceptors (Lipinski definition) is 11. The second-order valence-electron chi connectivity index (χ2n) is 8.48. The van der Waals surface area contributed by atoms with Crippen LogP contribution in [0.2, 0.25) is 0 Å². The highest BCUT2D eigenvalue weighted by Crippen LogP contribution is 2.40. The summed E-state index contributed by atoms with van der Waals surface area (Å²) >= 11 is 1.46. The van der Waals surface area contributed by atoms with E-state index in [0.29, 0.717) is 23.0 Å². The average molecular weight is 511 g/mol. The van der Waals surface area contributed by atoms with Gasteiger partial charge < -0.3 is 31.3 Å². The largest absolute Gasteiger partial charge is 0.394 e. The average Bonchev–Trinajstić information content (AvgIpc) is 3.42. The van der Waals surface area contributed by atoms with Gasteiger partial charge in [0.2, 0.25) is 11.8 Å². The zero-order valence-electron chi connectivity index (χ0n) is 20.2. The highest BCUT2D eigenvalue weighted by Gasteiger charge is 2.53. The molecule has 4 unspecified atom stereocenters. The number of aliphatic hydroxyl groups excluding tert-OH is 2. The van der Waals surface area contributed by atoms with E-state index in [1.165, 1.54) is 18.8 Å². The van der Waals surface area contributed by atoms with Crippen LogP contribution in [0.1, 0.15) is 46.0 Å². The van der Waals surface area contributed by atoms with Crippen LogP contribution in [-0.4, -0.2) is 90.2 Å². The van der Waals surface area contributed by atoms with Crippen molar-refractivity contribution >= 4 is 40.6 Å². The summed E-state index contributed by atoms with van der Waals surface area (Å²) in [7, 11) is 1.39. The molecule has 0 spiro atoms. The minimum absolute atomic E-state index is 0.00845. The molecule has 3 rings (SSSR count). The smallest absolute Gasteiger partial charge is 0.244 e. The molecule has 6 N–H and O–H groups in total. The lowest BCUT2D eigenvalue weighted by molar-refractivity contribution is -0.149. The lowest BCUT2D eigenvalue weighted by Gasteiger charge is -2.28. The number of rotatable bonds is 12. The van der Waals surface area contributed by atoms with Gasteiger partial charge in [0.1, 0.15) is 12.1 Å². The van der Waals surface area contributed by atoms with Crippen molar-refractivity contribution in [3.63, 3.8) is 0 Å². The van der Waals surface area contributed by atoms with Gasteiger partial charge in [-0.05, 0) is 19.3 Å². The molecule has 194 valence electrons. The Hall–Kier alpha value is -2.55. The Morgan fingerprint density at radius 1 is 1.29 bits per heavy atom. The van der Waals surface area contributed by atoms with Crippen molar-refractivity contribution in [1.29, 1.82) is 0 Å². The van der Waals surface area contributed by atoms with E-state index in [9.17, 15) is 24.9 Å². The summed E-state index contributed by atoms with van der Waals surface area (Å²) in [5.74, 6) is -0.960. The molecule has 0 aromatic carbocycles. The van der Waals surface area contributed by atoms with Gasteiger partial charge in [0.15, 0.2) is 27.9 Å². The zero-order valence-corrected chi connectivity index (χ0v) is 21.0. The molecule has 1 fully saturated rings. The highest BCUT2D eigenvalue weighted by atomic mass is 32.2. The van der Waals surface area contributed by atoms with E-state index in [2.05, 4.69) is 43.2 Å². The number of nitrogens with one attached hydrogen (secondary N) is 3. The van der Waals surface area contributed by atoms with E-state index < -0.39 is 42.2 Å². The monoisotopic (exact) mass is 510 g/mol. The van der Waals surface area contributed by atoms with Gasteiger partial charge in [-0.15, -0.1) is 5.10 Å². The van der Waals surface area contributed by atoms with Crippen molar-refractivity contribution in [3.05, 3.63) is 0 Å². The first kappa shape index (κ1) is 27.0. The third-order valence-corrected chi connectivity index (χ3v) is 7.03. The molecule has 1 aliphatic rings. The molecule has 35 heavy (non-hydrogen) atoms.